The molecule has 0 aliphatic heterocycles. The molecule has 174 valence electrons. The van der Waals surface area contributed by atoms with Crippen LogP contribution in [0.25, 0.3) is 12.2 Å². The number of aryl methyl sites for hydroxylation is 1. The third-order valence-corrected chi connectivity index (χ3v) is 5.03. The largest absolute Gasteiger partial charge is 0.497 e. The van der Waals surface area contributed by atoms with Crippen LogP contribution in [0.2, 0.25) is 0 Å². The van der Waals surface area contributed by atoms with Crippen LogP contribution < -0.4 is 9.47 Å². The van der Waals surface area contributed by atoms with Gasteiger partial charge in [-0.05, 0) is 67.3 Å². The van der Waals surface area contributed by atoms with E-state index in [1.165, 1.54) is 17.7 Å². The molecule has 0 radical (unpaired) electrons. The number of carbonyl (C=O) groups is 2. The zero-order chi connectivity index (χ0) is 24.2. The molecule has 0 saturated carbocycles. The summed E-state index contributed by atoms with van der Waals surface area (Å²) in [5, 5.41) is 9.00. The van der Waals surface area contributed by atoms with Gasteiger partial charge in [0.25, 0.3) is 0 Å². The lowest BCUT2D eigenvalue weighted by Gasteiger charge is -2.10. The number of ketones is 1. The third kappa shape index (κ3) is 7.74. The van der Waals surface area contributed by atoms with Gasteiger partial charge in [0.1, 0.15) is 17.2 Å². The number of carboxylic acid groups (broad SMARTS) is 1. The number of allylic oxidation sites excluding steroid dienone is 1. The Kier molecular flexibility index (Phi) is 9.17. The summed E-state index contributed by atoms with van der Waals surface area (Å²) in [5.74, 6) is 0.118. The zero-order valence-corrected chi connectivity index (χ0v) is 19.0. The summed E-state index contributed by atoms with van der Waals surface area (Å²) in [5.41, 5.74) is 2.74. The number of ether oxygens (including phenoxy) is 2. The summed E-state index contributed by atoms with van der Waals surface area (Å²) in [6.45, 7) is 0.480. The van der Waals surface area contributed by atoms with Crippen molar-refractivity contribution < 1.29 is 24.2 Å². The van der Waals surface area contributed by atoms with Crippen LogP contribution in [0.4, 0.5) is 0 Å². The van der Waals surface area contributed by atoms with Gasteiger partial charge in [0.15, 0.2) is 5.78 Å². The molecule has 0 spiro atoms. The van der Waals surface area contributed by atoms with Crippen LogP contribution in [-0.4, -0.2) is 35.6 Å². The molecule has 1 N–H and O–H groups in total. The SMILES string of the molecule is COc1ccc(CCCCOc2ccc(/C=C/C(=O)c3ccccc3)nc2C=CC(=O)O)cc1. The highest BCUT2D eigenvalue weighted by atomic mass is 16.5. The van der Waals surface area contributed by atoms with E-state index in [-0.39, 0.29) is 5.78 Å². The van der Waals surface area contributed by atoms with Gasteiger partial charge in [-0.2, -0.15) is 0 Å². The van der Waals surface area contributed by atoms with Crippen LogP contribution in [0, 0.1) is 0 Å². The van der Waals surface area contributed by atoms with Gasteiger partial charge in [0.2, 0.25) is 0 Å². The van der Waals surface area contributed by atoms with Gasteiger partial charge in [-0.3, -0.25) is 4.79 Å². The second-order valence-corrected chi connectivity index (χ2v) is 7.51. The second-order valence-electron chi connectivity index (χ2n) is 7.51. The zero-order valence-electron chi connectivity index (χ0n) is 19.0. The molecule has 0 fully saturated rings. The highest BCUT2D eigenvalue weighted by Crippen LogP contribution is 2.20. The van der Waals surface area contributed by atoms with Crippen LogP contribution in [0.3, 0.4) is 0 Å². The monoisotopic (exact) mass is 457 g/mol. The quantitative estimate of drug-likeness (QED) is 0.220. The Balaban J connectivity index is 1.60. The first kappa shape index (κ1) is 24.5. The summed E-state index contributed by atoms with van der Waals surface area (Å²) in [6, 6.07) is 20.4. The fourth-order valence-corrected chi connectivity index (χ4v) is 3.23. The summed E-state index contributed by atoms with van der Waals surface area (Å²) in [7, 11) is 1.65. The van der Waals surface area contributed by atoms with E-state index < -0.39 is 5.97 Å². The summed E-state index contributed by atoms with van der Waals surface area (Å²) < 4.78 is 11.0. The topological polar surface area (TPSA) is 85.7 Å². The Bertz CT molecular complexity index is 1150. The van der Waals surface area contributed by atoms with Crippen molar-refractivity contribution in [3.63, 3.8) is 0 Å². The Hall–Kier alpha value is -4.19. The molecule has 6 heteroatoms. The number of rotatable bonds is 12. The van der Waals surface area contributed by atoms with E-state index in [0.717, 1.165) is 31.1 Å². The molecule has 0 amide bonds. The predicted octanol–water partition coefficient (Wildman–Crippen LogP) is 5.49. The molecule has 3 rings (SSSR count). The summed E-state index contributed by atoms with van der Waals surface area (Å²) in [4.78, 5) is 27.7. The number of unbranched alkanes of at least 4 members (excludes halogenated alkanes) is 1. The molecular formula is C28H27NO5. The highest BCUT2D eigenvalue weighted by Gasteiger charge is 2.06. The van der Waals surface area contributed by atoms with Crippen molar-refractivity contribution in [3.05, 3.63) is 101 Å². The van der Waals surface area contributed by atoms with Crippen molar-refractivity contribution in [1.29, 1.82) is 0 Å². The molecule has 6 nitrogen and oxygen atoms in total. The number of aliphatic carboxylic acids is 1. The first-order chi connectivity index (χ1) is 16.5. The fraction of sp³-hybridized carbons (Fsp3) is 0.179. The van der Waals surface area contributed by atoms with Crippen LogP contribution in [0.15, 0.2) is 78.9 Å². The van der Waals surface area contributed by atoms with E-state index in [0.29, 0.717) is 29.3 Å². The minimum absolute atomic E-state index is 0.137. The molecule has 0 bridgehead atoms. The van der Waals surface area contributed by atoms with E-state index in [4.69, 9.17) is 14.6 Å². The van der Waals surface area contributed by atoms with Crippen molar-refractivity contribution in [2.75, 3.05) is 13.7 Å². The Morgan fingerprint density at radius 1 is 0.912 bits per heavy atom. The number of benzene rings is 2. The third-order valence-electron chi connectivity index (χ3n) is 5.03. The standard InChI is InChI=1S/C28H27NO5/c1-33-24-14-10-21(11-15-24)7-5-6-20-34-27-18-13-23(29-25(27)16-19-28(31)32)12-17-26(30)22-8-3-2-4-9-22/h2-4,8-19H,5-7,20H2,1H3,(H,31,32)/b17-12+,19-16?. The number of carboxylic acids is 1. The van der Waals surface area contributed by atoms with Gasteiger partial charge in [0, 0.05) is 11.6 Å². The van der Waals surface area contributed by atoms with Gasteiger partial charge in [-0.25, -0.2) is 9.78 Å². The maximum absolute atomic E-state index is 12.3. The normalized spacial score (nSPS) is 11.1. The lowest BCUT2D eigenvalue weighted by Crippen LogP contribution is -2.02. The number of methoxy groups -OCH3 is 1. The van der Waals surface area contributed by atoms with Crippen LogP contribution in [-0.2, 0) is 11.2 Å². The van der Waals surface area contributed by atoms with E-state index in [9.17, 15) is 9.59 Å². The number of aromatic nitrogens is 1. The van der Waals surface area contributed by atoms with Crippen molar-refractivity contribution in [3.8, 4) is 11.5 Å². The van der Waals surface area contributed by atoms with Crippen molar-refractivity contribution in [2.24, 2.45) is 0 Å². The summed E-state index contributed by atoms with van der Waals surface area (Å²) in [6.07, 6.45) is 8.17. The lowest BCUT2D eigenvalue weighted by molar-refractivity contribution is -0.131. The molecule has 0 saturated heterocycles. The summed E-state index contributed by atoms with van der Waals surface area (Å²) >= 11 is 0. The van der Waals surface area contributed by atoms with Gasteiger partial charge >= 0.3 is 5.97 Å². The second kappa shape index (κ2) is 12.7. The molecule has 0 aliphatic carbocycles. The first-order valence-corrected chi connectivity index (χ1v) is 11.0. The fourth-order valence-electron chi connectivity index (χ4n) is 3.23. The molecule has 0 unspecified atom stereocenters. The number of hydrogen-bond acceptors (Lipinski definition) is 5. The maximum atomic E-state index is 12.3. The number of nitrogens with zero attached hydrogens (tertiary/aromatic N) is 1. The molecule has 3 aromatic rings. The number of pyridine rings is 1. The maximum Gasteiger partial charge on any atom is 0.328 e. The Labute approximate surface area is 199 Å². The van der Waals surface area contributed by atoms with Gasteiger partial charge in [-0.15, -0.1) is 0 Å². The van der Waals surface area contributed by atoms with Gasteiger partial charge in [0.05, 0.1) is 19.4 Å². The van der Waals surface area contributed by atoms with Crippen LogP contribution >= 0.6 is 0 Å². The van der Waals surface area contributed by atoms with E-state index in [1.54, 1.807) is 49.6 Å². The van der Waals surface area contributed by atoms with Crippen molar-refractivity contribution in [2.45, 2.75) is 19.3 Å². The molecule has 2 aromatic carbocycles. The van der Waals surface area contributed by atoms with E-state index in [2.05, 4.69) is 4.98 Å². The average molecular weight is 458 g/mol. The lowest BCUT2D eigenvalue weighted by atomic mass is 10.1. The predicted molar refractivity (Wildman–Crippen MR) is 132 cm³/mol. The minimum Gasteiger partial charge on any atom is -0.497 e. The highest BCUT2D eigenvalue weighted by molar-refractivity contribution is 6.06. The van der Waals surface area contributed by atoms with Crippen LogP contribution in [0.1, 0.15) is 40.2 Å². The first-order valence-electron chi connectivity index (χ1n) is 11.0. The molecular weight excluding hydrogens is 430 g/mol. The number of carbonyl (C=O) groups excluding carboxylic acids is 1. The van der Waals surface area contributed by atoms with Crippen LogP contribution in [0.5, 0.6) is 11.5 Å². The Morgan fingerprint density at radius 2 is 1.68 bits per heavy atom. The smallest absolute Gasteiger partial charge is 0.328 e. The Morgan fingerprint density at radius 3 is 2.38 bits per heavy atom. The van der Waals surface area contributed by atoms with Gasteiger partial charge in [-0.1, -0.05) is 42.5 Å². The molecule has 0 atom stereocenters. The van der Waals surface area contributed by atoms with Gasteiger partial charge < -0.3 is 14.6 Å². The molecule has 1 heterocycles. The van der Waals surface area contributed by atoms with E-state index in [1.807, 2.05) is 30.3 Å². The molecule has 1 aromatic heterocycles. The van der Waals surface area contributed by atoms with E-state index >= 15 is 0 Å². The molecule has 34 heavy (non-hydrogen) atoms. The van der Waals surface area contributed by atoms with Crippen molar-refractivity contribution >= 4 is 23.9 Å². The number of hydrogen-bond donors (Lipinski definition) is 1. The molecule has 0 aliphatic rings. The average Bonchev–Trinajstić information content (AvgIpc) is 2.87. The van der Waals surface area contributed by atoms with Crippen molar-refractivity contribution in [1.82, 2.24) is 4.98 Å². The minimum atomic E-state index is -1.08.